The summed E-state index contributed by atoms with van der Waals surface area (Å²) in [5.41, 5.74) is 3.55. The molecular formula is C17H20N2O2. The molecule has 2 rings (SSSR count). The van der Waals surface area contributed by atoms with Gasteiger partial charge in [0.05, 0.1) is 6.42 Å². The molecule has 4 nitrogen and oxygen atoms in total. The van der Waals surface area contributed by atoms with Crippen molar-refractivity contribution in [2.24, 2.45) is 0 Å². The summed E-state index contributed by atoms with van der Waals surface area (Å²) in [6, 6.07) is 12.1. The van der Waals surface area contributed by atoms with Crippen molar-refractivity contribution in [1.29, 1.82) is 0 Å². The molecule has 0 bridgehead atoms. The lowest BCUT2D eigenvalue weighted by molar-refractivity contribution is -0.137. The molecule has 0 fully saturated rings. The van der Waals surface area contributed by atoms with Gasteiger partial charge in [-0.05, 0) is 29.7 Å². The van der Waals surface area contributed by atoms with Crippen LogP contribution >= 0.6 is 0 Å². The second-order valence-corrected chi connectivity index (χ2v) is 5.14. The predicted octanol–water partition coefficient (Wildman–Crippen LogP) is 2.87. The second kappa shape index (κ2) is 7.55. The van der Waals surface area contributed by atoms with E-state index in [1.807, 2.05) is 30.5 Å². The molecule has 0 saturated heterocycles. The first-order chi connectivity index (χ1) is 10.1. The van der Waals surface area contributed by atoms with Crippen molar-refractivity contribution in [3.8, 4) is 0 Å². The molecule has 0 aliphatic carbocycles. The molecule has 1 heterocycles. The monoisotopic (exact) mass is 284 g/mol. The number of pyridine rings is 1. The van der Waals surface area contributed by atoms with Crippen LogP contribution in [-0.2, 0) is 17.9 Å². The third-order valence-electron chi connectivity index (χ3n) is 3.43. The number of hydrogen-bond donors (Lipinski definition) is 1. The maximum atomic E-state index is 10.8. The van der Waals surface area contributed by atoms with Crippen molar-refractivity contribution in [2.75, 3.05) is 6.54 Å². The van der Waals surface area contributed by atoms with E-state index in [2.05, 4.69) is 28.9 Å². The molecule has 1 N–H and O–H groups in total. The smallest absolute Gasteiger partial charge is 0.304 e. The van der Waals surface area contributed by atoms with Crippen molar-refractivity contribution in [2.45, 2.75) is 26.4 Å². The minimum absolute atomic E-state index is 0.145. The SMILES string of the molecule is Cc1ccccc1CN(CCC(=O)O)Cc1cccnc1. The molecule has 1 aromatic heterocycles. The lowest BCUT2D eigenvalue weighted by Gasteiger charge is -2.22. The van der Waals surface area contributed by atoms with E-state index in [-0.39, 0.29) is 6.42 Å². The highest BCUT2D eigenvalue weighted by molar-refractivity contribution is 5.66. The first kappa shape index (κ1) is 15.2. The van der Waals surface area contributed by atoms with E-state index in [1.54, 1.807) is 6.20 Å². The van der Waals surface area contributed by atoms with Crippen LogP contribution in [0.2, 0.25) is 0 Å². The fraction of sp³-hybridized carbons (Fsp3) is 0.294. The van der Waals surface area contributed by atoms with Gasteiger partial charge in [0, 0.05) is 32.0 Å². The number of benzene rings is 1. The van der Waals surface area contributed by atoms with Gasteiger partial charge < -0.3 is 5.11 Å². The lowest BCUT2D eigenvalue weighted by atomic mass is 10.1. The highest BCUT2D eigenvalue weighted by atomic mass is 16.4. The van der Waals surface area contributed by atoms with Crippen LogP contribution in [-0.4, -0.2) is 27.5 Å². The van der Waals surface area contributed by atoms with Crippen molar-refractivity contribution in [3.63, 3.8) is 0 Å². The Labute approximate surface area is 125 Å². The molecule has 0 unspecified atom stereocenters. The third kappa shape index (κ3) is 5.00. The molecule has 0 atom stereocenters. The molecule has 0 radical (unpaired) electrons. The number of aromatic nitrogens is 1. The Morgan fingerprint density at radius 1 is 1.19 bits per heavy atom. The van der Waals surface area contributed by atoms with Crippen molar-refractivity contribution in [1.82, 2.24) is 9.88 Å². The number of aliphatic carboxylic acids is 1. The van der Waals surface area contributed by atoms with Crippen LogP contribution < -0.4 is 0 Å². The highest BCUT2D eigenvalue weighted by Crippen LogP contribution is 2.13. The van der Waals surface area contributed by atoms with E-state index in [1.165, 1.54) is 11.1 Å². The molecule has 21 heavy (non-hydrogen) atoms. The molecule has 0 spiro atoms. The zero-order valence-corrected chi connectivity index (χ0v) is 12.2. The third-order valence-corrected chi connectivity index (χ3v) is 3.43. The number of carboxylic acid groups (broad SMARTS) is 1. The van der Waals surface area contributed by atoms with Crippen LogP contribution in [0.5, 0.6) is 0 Å². The van der Waals surface area contributed by atoms with Gasteiger partial charge in [-0.1, -0.05) is 30.3 Å². The van der Waals surface area contributed by atoms with E-state index in [0.29, 0.717) is 13.1 Å². The number of hydrogen-bond acceptors (Lipinski definition) is 3. The summed E-state index contributed by atoms with van der Waals surface area (Å²) in [6.07, 6.45) is 3.71. The molecule has 1 aromatic carbocycles. The molecule has 4 heteroatoms. The van der Waals surface area contributed by atoms with Crippen LogP contribution in [0.1, 0.15) is 23.1 Å². The number of aryl methyl sites for hydroxylation is 1. The Bertz CT molecular complexity index is 584. The van der Waals surface area contributed by atoms with Crippen LogP contribution in [0.15, 0.2) is 48.8 Å². The zero-order valence-electron chi connectivity index (χ0n) is 12.2. The van der Waals surface area contributed by atoms with E-state index in [0.717, 1.165) is 12.1 Å². The number of nitrogens with zero attached hydrogens (tertiary/aromatic N) is 2. The fourth-order valence-electron chi connectivity index (χ4n) is 2.25. The summed E-state index contributed by atoms with van der Waals surface area (Å²) < 4.78 is 0. The normalized spacial score (nSPS) is 10.8. The predicted molar refractivity (Wildman–Crippen MR) is 81.8 cm³/mol. The first-order valence-corrected chi connectivity index (χ1v) is 7.02. The molecule has 0 aliphatic heterocycles. The van der Waals surface area contributed by atoms with Crippen LogP contribution in [0.25, 0.3) is 0 Å². The largest absolute Gasteiger partial charge is 0.481 e. The summed E-state index contributed by atoms with van der Waals surface area (Å²) >= 11 is 0. The Balaban J connectivity index is 2.08. The number of carbonyl (C=O) groups is 1. The second-order valence-electron chi connectivity index (χ2n) is 5.14. The van der Waals surface area contributed by atoms with Gasteiger partial charge in [-0.3, -0.25) is 14.7 Å². The van der Waals surface area contributed by atoms with Crippen LogP contribution in [0.4, 0.5) is 0 Å². The molecule has 0 saturated carbocycles. The minimum atomic E-state index is -0.768. The quantitative estimate of drug-likeness (QED) is 0.849. The van der Waals surface area contributed by atoms with Crippen molar-refractivity contribution in [3.05, 3.63) is 65.5 Å². The van der Waals surface area contributed by atoms with Gasteiger partial charge in [-0.2, -0.15) is 0 Å². The topological polar surface area (TPSA) is 53.4 Å². The van der Waals surface area contributed by atoms with E-state index in [4.69, 9.17) is 5.11 Å². The highest BCUT2D eigenvalue weighted by Gasteiger charge is 2.10. The van der Waals surface area contributed by atoms with Gasteiger partial charge in [0.2, 0.25) is 0 Å². The maximum Gasteiger partial charge on any atom is 0.304 e. The molecule has 2 aromatic rings. The molecule has 110 valence electrons. The summed E-state index contributed by atoms with van der Waals surface area (Å²) in [4.78, 5) is 17.1. The fourth-order valence-corrected chi connectivity index (χ4v) is 2.25. The Kier molecular flexibility index (Phi) is 5.46. The van der Waals surface area contributed by atoms with Gasteiger partial charge >= 0.3 is 5.97 Å². The summed E-state index contributed by atoms with van der Waals surface area (Å²) in [5, 5.41) is 8.91. The van der Waals surface area contributed by atoms with Crippen molar-refractivity contribution < 1.29 is 9.90 Å². The average molecular weight is 284 g/mol. The molecular weight excluding hydrogens is 264 g/mol. The Morgan fingerprint density at radius 3 is 2.67 bits per heavy atom. The number of rotatable bonds is 7. The van der Waals surface area contributed by atoms with E-state index >= 15 is 0 Å². The first-order valence-electron chi connectivity index (χ1n) is 7.02. The summed E-state index contributed by atoms with van der Waals surface area (Å²) in [6.45, 7) is 4.05. The standard InChI is InChI=1S/C17H20N2O2/c1-14-5-2-3-7-16(14)13-19(10-8-17(20)21)12-15-6-4-9-18-11-15/h2-7,9,11H,8,10,12-13H2,1H3,(H,20,21). The van der Waals surface area contributed by atoms with Gasteiger partial charge in [0.25, 0.3) is 0 Å². The maximum absolute atomic E-state index is 10.8. The van der Waals surface area contributed by atoms with Gasteiger partial charge in [0.1, 0.15) is 0 Å². The lowest BCUT2D eigenvalue weighted by Crippen LogP contribution is -2.26. The van der Waals surface area contributed by atoms with Crippen LogP contribution in [0.3, 0.4) is 0 Å². The Morgan fingerprint density at radius 2 is 2.00 bits per heavy atom. The van der Waals surface area contributed by atoms with Gasteiger partial charge in [0.15, 0.2) is 0 Å². The average Bonchev–Trinajstić information content (AvgIpc) is 2.48. The van der Waals surface area contributed by atoms with E-state index < -0.39 is 5.97 Å². The minimum Gasteiger partial charge on any atom is -0.481 e. The zero-order chi connectivity index (χ0) is 15.1. The van der Waals surface area contributed by atoms with Crippen molar-refractivity contribution >= 4 is 5.97 Å². The Hall–Kier alpha value is -2.20. The van der Waals surface area contributed by atoms with Crippen LogP contribution in [0, 0.1) is 6.92 Å². The molecule has 0 aliphatic rings. The summed E-state index contributed by atoms with van der Waals surface area (Å²) in [5.74, 6) is -0.768. The molecule has 0 amide bonds. The number of carboxylic acids is 1. The summed E-state index contributed by atoms with van der Waals surface area (Å²) in [7, 11) is 0. The van der Waals surface area contributed by atoms with Gasteiger partial charge in [-0.25, -0.2) is 0 Å². The van der Waals surface area contributed by atoms with E-state index in [9.17, 15) is 4.79 Å². The van der Waals surface area contributed by atoms with Gasteiger partial charge in [-0.15, -0.1) is 0 Å².